The molecule has 1 aliphatic heterocycles. The second kappa shape index (κ2) is 13.6. The number of nitrogens with zero attached hydrogens (tertiary/aromatic N) is 2. The van der Waals surface area contributed by atoms with Crippen LogP contribution in [0.1, 0.15) is 46.0 Å². The summed E-state index contributed by atoms with van der Waals surface area (Å²) in [6.07, 6.45) is 5.78. The quantitative estimate of drug-likeness (QED) is 0.218. The molecule has 0 aromatic carbocycles. The lowest BCUT2D eigenvalue weighted by Crippen LogP contribution is -2.53. The molecule has 0 bridgehead atoms. The van der Waals surface area contributed by atoms with E-state index < -0.39 is 5.60 Å². The van der Waals surface area contributed by atoms with Gasteiger partial charge in [-0.05, 0) is 26.7 Å². The molecular weight excluding hydrogens is 473 g/mol. The van der Waals surface area contributed by atoms with Gasteiger partial charge in [-0.25, -0.2) is 4.99 Å². The van der Waals surface area contributed by atoms with Crippen molar-refractivity contribution in [1.29, 1.82) is 0 Å². The Morgan fingerprint density at radius 2 is 1.89 bits per heavy atom. The first-order valence-electron chi connectivity index (χ1n) is 10.3. The maximum absolute atomic E-state index is 12.1. The molecule has 2 aliphatic rings. The van der Waals surface area contributed by atoms with Crippen LogP contribution < -0.4 is 16.0 Å². The van der Waals surface area contributed by atoms with E-state index >= 15 is 0 Å². The molecule has 28 heavy (non-hydrogen) atoms. The van der Waals surface area contributed by atoms with Gasteiger partial charge in [-0.2, -0.15) is 0 Å². The zero-order chi connectivity index (χ0) is 19.5. The zero-order valence-corrected chi connectivity index (χ0v) is 19.7. The third kappa shape index (κ3) is 10.2. The number of aliphatic imine (C=N–C) groups is 1. The van der Waals surface area contributed by atoms with Gasteiger partial charge in [0.15, 0.2) is 5.96 Å². The molecule has 1 amide bonds. The summed E-state index contributed by atoms with van der Waals surface area (Å²) >= 11 is 0. The number of hydrogen-bond donors (Lipinski definition) is 4. The van der Waals surface area contributed by atoms with Crippen molar-refractivity contribution in [3.05, 3.63) is 0 Å². The first-order valence-corrected chi connectivity index (χ1v) is 10.3. The summed E-state index contributed by atoms with van der Waals surface area (Å²) < 4.78 is 5.35. The normalized spacial score (nSPS) is 21.3. The number of hydrogen-bond acceptors (Lipinski definition) is 5. The van der Waals surface area contributed by atoms with Crippen LogP contribution in [0, 0.1) is 0 Å². The molecule has 1 saturated carbocycles. The lowest BCUT2D eigenvalue weighted by molar-refractivity contribution is -0.120. The van der Waals surface area contributed by atoms with E-state index in [9.17, 15) is 9.90 Å². The van der Waals surface area contributed by atoms with Crippen LogP contribution in [0.3, 0.4) is 0 Å². The van der Waals surface area contributed by atoms with E-state index in [1.165, 1.54) is 19.3 Å². The topological polar surface area (TPSA) is 98.2 Å². The summed E-state index contributed by atoms with van der Waals surface area (Å²) in [4.78, 5) is 18.7. The van der Waals surface area contributed by atoms with Crippen LogP contribution in [0.25, 0.3) is 0 Å². The molecule has 164 valence electrons. The van der Waals surface area contributed by atoms with E-state index in [4.69, 9.17) is 4.74 Å². The van der Waals surface area contributed by atoms with Crippen LogP contribution >= 0.6 is 24.0 Å². The van der Waals surface area contributed by atoms with E-state index in [2.05, 4.69) is 25.8 Å². The number of morpholine rings is 1. The average molecular weight is 511 g/mol. The van der Waals surface area contributed by atoms with Gasteiger partial charge in [0, 0.05) is 38.8 Å². The molecule has 8 nitrogen and oxygen atoms in total. The molecule has 0 aromatic rings. The first-order chi connectivity index (χ1) is 13.0. The highest BCUT2D eigenvalue weighted by Crippen LogP contribution is 2.17. The van der Waals surface area contributed by atoms with Gasteiger partial charge in [0.05, 0.1) is 18.8 Å². The Morgan fingerprint density at radius 1 is 1.21 bits per heavy atom. The number of guanidine groups is 1. The summed E-state index contributed by atoms with van der Waals surface area (Å²) in [6, 6.07) is 0.297. The Kier molecular flexibility index (Phi) is 12.3. The van der Waals surface area contributed by atoms with Crippen molar-refractivity contribution < 1.29 is 14.6 Å². The van der Waals surface area contributed by atoms with Gasteiger partial charge in [0.1, 0.15) is 6.54 Å². The summed E-state index contributed by atoms with van der Waals surface area (Å²) in [6.45, 7) is 8.62. The minimum Gasteiger partial charge on any atom is -0.387 e. The monoisotopic (exact) mass is 511 g/mol. The molecule has 1 atom stereocenters. The van der Waals surface area contributed by atoms with Crippen molar-refractivity contribution in [2.45, 2.75) is 57.6 Å². The fourth-order valence-corrected chi connectivity index (χ4v) is 3.58. The van der Waals surface area contributed by atoms with Crippen molar-refractivity contribution >= 4 is 35.8 Å². The molecule has 4 N–H and O–H groups in total. The van der Waals surface area contributed by atoms with Crippen molar-refractivity contribution in [3.63, 3.8) is 0 Å². The van der Waals surface area contributed by atoms with Crippen molar-refractivity contribution in [3.8, 4) is 0 Å². The summed E-state index contributed by atoms with van der Waals surface area (Å²) in [7, 11) is 0. The molecular formula is C19H38IN5O3. The van der Waals surface area contributed by atoms with Crippen molar-refractivity contribution in [2.75, 3.05) is 52.5 Å². The number of ether oxygens (including phenoxy) is 1. The Hall–Kier alpha value is -0.650. The zero-order valence-electron chi connectivity index (χ0n) is 17.3. The standard InChI is InChI=1S/C19H37N5O3.HI/c1-3-20-18(21-13-17(25)23-16-7-5-4-6-8-16)22-14-19(2,26)15-24-9-11-27-12-10-24;/h16,26H,3-15H2,1-2H3,(H,23,25)(H2,20,21,22);1H. The van der Waals surface area contributed by atoms with E-state index in [0.717, 1.165) is 25.9 Å². The molecule has 1 unspecified atom stereocenters. The second-order valence-electron chi connectivity index (χ2n) is 7.84. The average Bonchev–Trinajstić information content (AvgIpc) is 2.65. The number of aliphatic hydroxyl groups is 1. The molecule has 1 aliphatic carbocycles. The van der Waals surface area contributed by atoms with Crippen LogP contribution in [-0.4, -0.2) is 86.0 Å². The molecule has 0 spiro atoms. The number of carbonyl (C=O) groups is 1. The van der Waals surface area contributed by atoms with Gasteiger partial charge in [-0.3, -0.25) is 9.69 Å². The lowest BCUT2D eigenvalue weighted by atomic mass is 9.95. The lowest BCUT2D eigenvalue weighted by Gasteiger charge is -2.34. The highest BCUT2D eigenvalue weighted by atomic mass is 127. The maximum atomic E-state index is 12.1. The maximum Gasteiger partial charge on any atom is 0.242 e. The van der Waals surface area contributed by atoms with Crippen LogP contribution in [0.4, 0.5) is 0 Å². The largest absolute Gasteiger partial charge is 0.387 e. The van der Waals surface area contributed by atoms with Crippen molar-refractivity contribution in [1.82, 2.24) is 20.9 Å². The van der Waals surface area contributed by atoms with Crippen LogP contribution in [0.15, 0.2) is 4.99 Å². The van der Waals surface area contributed by atoms with Gasteiger partial charge >= 0.3 is 0 Å². The van der Waals surface area contributed by atoms with Crippen LogP contribution in [0.2, 0.25) is 0 Å². The minimum absolute atomic E-state index is 0. The van der Waals surface area contributed by atoms with Gasteiger partial charge < -0.3 is 25.8 Å². The summed E-state index contributed by atoms with van der Waals surface area (Å²) in [5, 5.41) is 20.0. The second-order valence-corrected chi connectivity index (χ2v) is 7.84. The van der Waals surface area contributed by atoms with Gasteiger partial charge in [0.2, 0.25) is 5.91 Å². The number of nitrogens with one attached hydrogen (secondary N) is 3. The molecule has 9 heteroatoms. The van der Waals surface area contributed by atoms with Crippen LogP contribution in [-0.2, 0) is 9.53 Å². The van der Waals surface area contributed by atoms with E-state index in [1.807, 2.05) is 13.8 Å². The molecule has 2 fully saturated rings. The number of halogens is 1. The predicted molar refractivity (Wildman–Crippen MR) is 122 cm³/mol. The highest BCUT2D eigenvalue weighted by Gasteiger charge is 2.25. The molecule has 1 saturated heterocycles. The van der Waals surface area contributed by atoms with Gasteiger partial charge in [-0.1, -0.05) is 19.3 Å². The Bertz CT molecular complexity index is 478. The van der Waals surface area contributed by atoms with E-state index in [-0.39, 0.29) is 36.4 Å². The fourth-order valence-electron chi connectivity index (χ4n) is 3.58. The molecule has 0 aromatic heterocycles. The Balaban J connectivity index is 0.00000392. The van der Waals surface area contributed by atoms with Gasteiger partial charge in [0.25, 0.3) is 0 Å². The summed E-state index contributed by atoms with van der Waals surface area (Å²) in [5.74, 6) is 0.512. The molecule has 1 heterocycles. The minimum atomic E-state index is -0.891. The highest BCUT2D eigenvalue weighted by molar-refractivity contribution is 14.0. The molecule has 2 rings (SSSR count). The van der Waals surface area contributed by atoms with Gasteiger partial charge in [-0.15, -0.1) is 24.0 Å². The van der Waals surface area contributed by atoms with Crippen molar-refractivity contribution in [2.24, 2.45) is 4.99 Å². The van der Waals surface area contributed by atoms with E-state index in [1.54, 1.807) is 0 Å². The predicted octanol–water partition coefficient (Wildman–Crippen LogP) is 0.692. The Labute approximate surface area is 186 Å². The summed E-state index contributed by atoms with van der Waals surface area (Å²) in [5.41, 5.74) is -0.891. The fraction of sp³-hybridized carbons (Fsp3) is 0.895. The Morgan fingerprint density at radius 3 is 2.54 bits per heavy atom. The number of β-amino-alcohol motifs (C(OH)–C–C–N with tert-alkyl or cyclic N) is 1. The number of rotatable bonds is 8. The molecule has 0 radical (unpaired) electrons. The SMILES string of the molecule is CCNC(=NCC(=O)NC1CCCCC1)NCC(C)(O)CN1CCOCC1.I. The first kappa shape index (κ1) is 25.4. The van der Waals surface area contributed by atoms with E-state index in [0.29, 0.717) is 44.8 Å². The number of amides is 1. The smallest absolute Gasteiger partial charge is 0.242 e. The third-order valence-corrected chi connectivity index (χ3v) is 5.00. The third-order valence-electron chi connectivity index (χ3n) is 5.00. The van der Waals surface area contributed by atoms with Crippen LogP contribution in [0.5, 0.6) is 0 Å². The number of carbonyl (C=O) groups excluding carboxylic acids is 1.